The molecule has 0 unspecified atom stereocenters. The van der Waals surface area contributed by atoms with Crippen molar-refractivity contribution in [1.82, 2.24) is 9.55 Å². The number of aromatic nitrogens is 2. The second-order valence-corrected chi connectivity index (χ2v) is 3.62. The number of fused-ring (bicyclic) bond motifs is 1. The van der Waals surface area contributed by atoms with Crippen LogP contribution < -0.4 is 0 Å². The molecule has 2 aromatic rings. The Hall–Kier alpha value is -1.62. The SMILES string of the molecule is Cc1nc2c(Cl)c([N+](=O)[O-])ccc2n1C. The fourth-order valence-electron chi connectivity index (χ4n) is 1.47. The van der Waals surface area contributed by atoms with Gasteiger partial charge in [0.05, 0.1) is 10.4 Å². The third-order valence-corrected chi connectivity index (χ3v) is 2.76. The summed E-state index contributed by atoms with van der Waals surface area (Å²) in [4.78, 5) is 14.3. The summed E-state index contributed by atoms with van der Waals surface area (Å²) in [5, 5.41) is 10.7. The van der Waals surface area contributed by atoms with Gasteiger partial charge in [-0.25, -0.2) is 4.98 Å². The molecule has 2 rings (SSSR count). The van der Waals surface area contributed by atoms with Crippen molar-refractivity contribution in [3.63, 3.8) is 0 Å². The monoisotopic (exact) mass is 225 g/mol. The van der Waals surface area contributed by atoms with E-state index in [0.29, 0.717) is 5.52 Å². The summed E-state index contributed by atoms with van der Waals surface area (Å²) in [6.07, 6.45) is 0. The molecular weight excluding hydrogens is 218 g/mol. The van der Waals surface area contributed by atoms with E-state index in [9.17, 15) is 10.1 Å². The summed E-state index contributed by atoms with van der Waals surface area (Å²) in [7, 11) is 1.84. The first kappa shape index (κ1) is 9.92. The van der Waals surface area contributed by atoms with E-state index in [1.807, 2.05) is 18.5 Å². The molecule has 0 aliphatic carbocycles. The summed E-state index contributed by atoms with van der Waals surface area (Å²) in [5.74, 6) is 0.771. The predicted molar refractivity (Wildman–Crippen MR) is 57.1 cm³/mol. The van der Waals surface area contributed by atoms with E-state index in [-0.39, 0.29) is 10.7 Å². The van der Waals surface area contributed by atoms with Gasteiger partial charge in [-0.05, 0) is 13.0 Å². The minimum Gasteiger partial charge on any atom is -0.331 e. The molecule has 0 N–H and O–H groups in total. The first-order valence-corrected chi connectivity index (χ1v) is 4.66. The highest BCUT2D eigenvalue weighted by Gasteiger charge is 2.18. The van der Waals surface area contributed by atoms with Crippen LogP contribution in [0.5, 0.6) is 0 Å². The van der Waals surface area contributed by atoms with Crippen LogP contribution in [0.2, 0.25) is 5.02 Å². The normalized spacial score (nSPS) is 10.9. The van der Waals surface area contributed by atoms with Gasteiger partial charge in [-0.2, -0.15) is 0 Å². The van der Waals surface area contributed by atoms with Crippen molar-refractivity contribution >= 4 is 28.3 Å². The van der Waals surface area contributed by atoms with Crippen LogP contribution in [0.1, 0.15) is 5.82 Å². The molecule has 0 saturated carbocycles. The molecule has 1 aromatic carbocycles. The summed E-state index contributed by atoms with van der Waals surface area (Å²) >= 11 is 5.90. The lowest BCUT2D eigenvalue weighted by atomic mass is 10.3. The number of halogens is 1. The maximum atomic E-state index is 10.6. The van der Waals surface area contributed by atoms with Crippen LogP contribution in [0.3, 0.4) is 0 Å². The van der Waals surface area contributed by atoms with Crippen LogP contribution in [0.25, 0.3) is 11.0 Å². The van der Waals surface area contributed by atoms with Gasteiger partial charge in [0.15, 0.2) is 0 Å². The quantitative estimate of drug-likeness (QED) is 0.553. The number of hydrogen-bond acceptors (Lipinski definition) is 3. The highest BCUT2D eigenvalue weighted by Crippen LogP contribution is 2.31. The third kappa shape index (κ3) is 1.35. The van der Waals surface area contributed by atoms with Crippen LogP contribution in [0.15, 0.2) is 12.1 Å². The Morgan fingerprint density at radius 1 is 1.53 bits per heavy atom. The Bertz CT molecular complexity index is 562. The second kappa shape index (κ2) is 3.20. The van der Waals surface area contributed by atoms with Crippen molar-refractivity contribution in [3.05, 3.63) is 33.1 Å². The van der Waals surface area contributed by atoms with Crippen LogP contribution in [0.4, 0.5) is 5.69 Å². The predicted octanol–water partition coefficient (Wildman–Crippen LogP) is 2.44. The number of nitrogens with zero attached hydrogens (tertiary/aromatic N) is 3. The summed E-state index contributed by atoms with van der Waals surface area (Å²) in [6, 6.07) is 3.05. The minimum absolute atomic E-state index is 0.0983. The zero-order valence-electron chi connectivity index (χ0n) is 8.19. The van der Waals surface area contributed by atoms with E-state index in [2.05, 4.69) is 4.98 Å². The second-order valence-electron chi connectivity index (χ2n) is 3.24. The Morgan fingerprint density at radius 3 is 2.80 bits per heavy atom. The minimum atomic E-state index is -0.508. The number of aryl methyl sites for hydroxylation is 2. The smallest absolute Gasteiger partial charge is 0.290 e. The van der Waals surface area contributed by atoms with Crippen molar-refractivity contribution in [2.75, 3.05) is 0 Å². The van der Waals surface area contributed by atoms with Crippen LogP contribution in [0, 0.1) is 17.0 Å². The number of rotatable bonds is 1. The van der Waals surface area contributed by atoms with E-state index in [1.54, 1.807) is 6.07 Å². The number of benzene rings is 1. The zero-order valence-corrected chi connectivity index (χ0v) is 8.95. The molecule has 5 nitrogen and oxygen atoms in total. The van der Waals surface area contributed by atoms with Crippen molar-refractivity contribution < 1.29 is 4.92 Å². The molecule has 1 heterocycles. The topological polar surface area (TPSA) is 61.0 Å². The molecule has 15 heavy (non-hydrogen) atoms. The van der Waals surface area contributed by atoms with Gasteiger partial charge in [0.1, 0.15) is 16.4 Å². The molecule has 0 amide bonds. The molecule has 0 spiro atoms. The number of nitro benzene ring substituents is 1. The van der Waals surface area contributed by atoms with E-state index in [4.69, 9.17) is 11.6 Å². The molecule has 0 aliphatic heterocycles. The Balaban J connectivity index is 2.85. The zero-order chi connectivity index (χ0) is 11.2. The highest BCUT2D eigenvalue weighted by atomic mass is 35.5. The van der Waals surface area contributed by atoms with Gasteiger partial charge < -0.3 is 4.57 Å². The standard InChI is InChI=1S/C9H8ClN3O2/c1-5-11-9-7(12(5)2)4-3-6(8(9)10)13(14)15/h3-4H,1-2H3. The first-order valence-electron chi connectivity index (χ1n) is 4.28. The van der Waals surface area contributed by atoms with Crippen LogP contribution in [-0.2, 0) is 7.05 Å². The van der Waals surface area contributed by atoms with Crippen LogP contribution in [-0.4, -0.2) is 14.5 Å². The Morgan fingerprint density at radius 2 is 2.20 bits per heavy atom. The molecule has 0 fully saturated rings. The first-order chi connectivity index (χ1) is 7.02. The Kier molecular flexibility index (Phi) is 2.12. The molecule has 0 bridgehead atoms. The van der Waals surface area contributed by atoms with Gasteiger partial charge in [-0.15, -0.1) is 0 Å². The van der Waals surface area contributed by atoms with Crippen molar-refractivity contribution in [3.8, 4) is 0 Å². The van der Waals surface area contributed by atoms with Gasteiger partial charge in [0.2, 0.25) is 0 Å². The van der Waals surface area contributed by atoms with E-state index >= 15 is 0 Å². The van der Waals surface area contributed by atoms with Gasteiger partial charge in [0, 0.05) is 13.1 Å². The molecular formula is C9H8ClN3O2. The number of imidazole rings is 1. The fourth-order valence-corrected chi connectivity index (χ4v) is 1.74. The van der Waals surface area contributed by atoms with Gasteiger partial charge >= 0.3 is 0 Å². The van der Waals surface area contributed by atoms with Gasteiger partial charge in [0.25, 0.3) is 5.69 Å². The number of hydrogen-bond donors (Lipinski definition) is 0. The van der Waals surface area contributed by atoms with Crippen molar-refractivity contribution in [2.45, 2.75) is 6.92 Å². The summed E-state index contributed by atoms with van der Waals surface area (Å²) in [5.41, 5.74) is 1.16. The van der Waals surface area contributed by atoms with E-state index < -0.39 is 4.92 Å². The average molecular weight is 226 g/mol. The largest absolute Gasteiger partial charge is 0.331 e. The molecule has 0 aliphatic rings. The number of nitro groups is 1. The van der Waals surface area contributed by atoms with E-state index in [0.717, 1.165) is 11.3 Å². The Labute approximate surface area is 90.4 Å². The maximum absolute atomic E-state index is 10.6. The molecule has 6 heteroatoms. The fraction of sp³-hybridized carbons (Fsp3) is 0.222. The third-order valence-electron chi connectivity index (χ3n) is 2.39. The molecule has 0 atom stereocenters. The lowest BCUT2D eigenvalue weighted by molar-refractivity contribution is -0.384. The van der Waals surface area contributed by atoms with Crippen molar-refractivity contribution in [1.29, 1.82) is 0 Å². The lowest BCUT2D eigenvalue weighted by Crippen LogP contribution is -1.91. The molecule has 0 radical (unpaired) electrons. The molecule has 78 valence electrons. The van der Waals surface area contributed by atoms with Crippen LogP contribution >= 0.6 is 11.6 Å². The molecule has 0 saturated heterocycles. The van der Waals surface area contributed by atoms with Gasteiger partial charge in [-0.1, -0.05) is 11.6 Å². The highest BCUT2D eigenvalue weighted by molar-refractivity contribution is 6.37. The maximum Gasteiger partial charge on any atom is 0.290 e. The van der Waals surface area contributed by atoms with Gasteiger partial charge in [-0.3, -0.25) is 10.1 Å². The average Bonchev–Trinajstić information content (AvgIpc) is 2.45. The van der Waals surface area contributed by atoms with Crippen molar-refractivity contribution in [2.24, 2.45) is 7.05 Å². The summed E-state index contributed by atoms with van der Waals surface area (Å²) < 4.78 is 1.84. The van der Waals surface area contributed by atoms with E-state index in [1.165, 1.54) is 6.07 Å². The lowest BCUT2D eigenvalue weighted by Gasteiger charge is -1.97. The molecule has 1 aromatic heterocycles. The summed E-state index contributed by atoms with van der Waals surface area (Å²) in [6.45, 7) is 1.82.